The molecule has 0 radical (unpaired) electrons. The summed E-state index contributed by atoms with van der Waals surface area (Å²) in [4.78, 5) is 0. The molecule has 0 fully saturated rings. The van der Waals surface area contributed by atoms with Crippen molar-refractivity contribution in [3.05, 3.63) is 127 Å². The molecule has 6 rings (SSSR count). The molecule has 0 aromatic heterocycles. The van der Waals surface area contributed by atoms with Gasteiger partial charge in [0, 0.05) is 0 Å². The van der Waals surface area contributed by atoms with Gasteiger partial charge < -0.3 is 0 Å². The van der Waals surface area contributed by atoms with Crippen molar-refractivity contribution in [2.24, 2.45) is 11.8 Å². The molecule has 4 aromatic carbocycles. The van der Waals surface area contributed by atoms with Gasteiger partial charge in [-0.1, -0.05) is 0 Å². The molecule has 0 amide bonds. The standard InChI is InChI=1S/2C30H41.C2H7Si.2ClH.Zr/c2*1-19(2)13-21-14-22-11-12-26(20(3)4)28(27(22)15-21)23-16-24(29(5,6)7)18-25(17-23)30(8,9)10;1-3-2;;;/h2*11-12,14-20H,13H2,1-10H3;3H,1-2H3;2*1H;/q;;;;;+2/p-2. The van der Waals surface area contributed by atoms with Gasteiger partial charge in [0.05, 0.1) is 0 Å². The minimum absolute atomic E-state index is 0.00395. The second-order valence-corrected chi connectivity index (χ2v) is 69.4. The van der Waals surface area contributed by atoms with Gasteiger partial charge >= 0.3 is 417 Å². The predicted molar refractivity (Wildman–Crippen MR) is 298 cm³/mol. The van der Waals surface area contributed by atoms with E-state index in [-0.39, 0.29) is 28.9 Å². The van der Waals surface area contributed by atoms with Crippen molar-refractivity contribution >= 4 is 35.1 Å². The van der Waals surface area contributed by atoms with Gasteiger partial charge in [-0.05, 0) is 0 Å². The fourth-order valence-corrected chi connectivity index (χ4v) is 42.7. The van der Waals surface area contributed by atoms with Crippen LogP contribution >= 0.6 is 17.0 Å². The Morgan fingerprint density at radius 2 is 0.758 bits per heavy atom. The summed E-state index contributed by atoms with van der Waals surface area (Å²) >= 11 is -5.19. The Balaban J connectivity index is 1.74. The fraction of sp³-hybridized carbons (Fsp3) is 0.548. The van der Waals surface area contributed by atoms with Crippen molar-refractivity contribution in [1.82, 2.24) is 0 Å². The summed E-state index contributed by atoms with van der Waals surface area (Å²) in [7, 11) is 18.5. The zero-order chi connectivity index (χ0) is 49.6. The molecule has 2 atom stereocenters. The van der Waals surface area contributed by atoms with Crippen molar-refractivity contribution in [1.29, 1.82) is 0 Å². The predicted octanol–water partition coefficient (Wildman–Crippen LogP) is 20.1. The van der Waals surface area contributed by atoms with Crippen LogP contribution in [0.5, 0.6) is 0 Å². The van der Waals surface area contributed by atoms with Crippen LogP contribution in [0, 0.1) is 11.8 Å². The summed E-state index contributed by atoms with van der Waals surface area (Å²) in [5.41, 5.74) is 22.3. The molecule has 0 saturated carbocycles. The molecule has 66 heavy (non-hydrogen) atoms. The number of fused-ring (bicyclic) bond motifs is 2. The first-order valence-electron chi connectivity index (χ1n) is 25.7. The Kier molecular flexibility index (Phi) is 14.8. The number of hydrogen-bond donors (Lipinski definition) is 0. The molecule has 0 heterocycles. The Bertz CT molecular complexity index is 2310. The van der Waals surface area contributed by atoms with Crippen molar-refractivity contribution in [3.8, 4) is 22.3 Å². The molecular weight excluding hydrogens is 935 g/mol. The minimum atomic E-state index is -5.19. The number of benzene rings is 4. The van der Waals surface area contributed by atoms with Crippen LogP contribution < -0.4 is 0 Å². The normalized spacial score (nSPS) is 17.8. The van der Waals surface area contributed by atoms with E-state index in [4.69, 9.17) is 0 Å². The first-order chi connectivity index (χ1) is 30.1. The molecule has 4 aromatic rings. The van der Waals surface area contributed by atoms with Crippen LogP contribution in [-0.2, 0) is 37.2 Å². The third-order valence-corrected chi connectivity index (χ3v) is 67.1. The molecule has 0 bridgehead atoms. The molecule has 0 saturated heterocycles. The van der Waals surface area contributed by atoms with Crippen molar-refractivity contribution in [3.63, 3.8) is 0 Å². The molecule has 0 aliphatic heterocycles. The Morgan fingerprint density at radius 3 is 0.985 bits per heavy atom. The molecule has 0 N–H and O–H groups in total. The Labute approximate surface area is 414 Å². The molecule has 2 unspecified atom stereocenters. The summed E-state index contributed by atoms with van der Waals surface area (Å²) in [5.74, 6) is -0.184. The molecule has 0 nitrogen and oxygen atoms in total. The van der Waals surface area contributed by atoms with Gasteiger partial charge in [-0.3, -0.25) is 0 Å². The number of rotatable bonds is 11. The second kappa shape index (κ2) is 18.3. The SMILES string of the molecule is CC(C)CC1=Cc2c(ccc(C(C)C)c2-c2cc(C(C)(C)C)cc(C(C)(C)C)c2)[CH]1[Zr]([Cl])([Cl])([CH]1C(CC(C)C)=Cc2c1ccc(C(C)C)c2-c1cc(C(C)(C)C)cc(C(C)(C)C)c1)[SiH](C)C. The van der Waals surface area contributed by atoms with Crippen molar-refractivity contribution in [2.75, 3.05) is 0 Å². The molecule has 0 spiro atoms. The van der Waals surface area contributed by atoms with Crippen molar-refractivity contribution < 1.29 is 15.6 Å². The molecular formula is C62H89Cl2SiZr. The van der Waals surface area contributed by atoms with E-state index < -0.39 is 21.5 Å². The van der Waals surface area contributed by atoms with Crippen LogP contribution in [0.25, 0.3) is 34.4 Å². The van der Waals surface area contributed by atoms with E-state index in [2.05, 4.69) is 224 Å². The maximum atomic E-state index is 9.25. The Morgan fingerprint density at radius 1 is 0.470 bits per heavy atom. The molecule has 2 aliphatic carbocycles. The number of hydrogen-bond acceptors (Lipinski definition) is 0. The number of halogens is 2. The summed E-state index contributed by atoms with van der Waals surface area (Å²) < 4.78 is 0.0614. The van der Waals surface area contributed by atoms with E-state index in [1.54, 1.807) is 0 Å². The van der Waals surface area contributed by atoms with Crippen LogP contribution in [-0.4, -0.2) is 5.92 Å². The first kappa shape index (κ1) is 53.4. The van der Waals surface area contributed by atoms with Crippen LogP contribution in [0.4, 0.5) is 0 Å². The summed E-state index contributed by atoms with van der Waals surface area (Å²) in [6, 6.07) is 24.9. The van der Waals surface area contributed by atoms with E-state index in [1.807, 2.05) is 0 Å². The maximum absolute atomic E-state index is 9.25. The first-order valence-corrected chi connectivity index (χ1v) is 42.0. The van der Waals surface area contributed by atoms with Gasteiger partial charge in [-0.2, -0.15) is 0 Å². The fourth-order valence-electron chi connectivity index (χ4n) is 11.4. The van der Waals surface area contributed by atoms with Gasteiger partial charge in [0.15, 0.2) is 0 Å². The van der Waals surface area contributed by atoms with Gasteiger partial charge in [-0.15, -0.1) is 0 Å². The number of allylic oxidation sites excluding steroid dienone is 2. The monoisotopic (exact) mass is 1020 g/mol. The average molecular weight is 1020 g/mol. The third-order valence-electron chi connectivity index (χ3n) is 15.3. The zero-order valence-corrected chi connectivity index (χ0v) is 50.8. The molecule has 2 aliphatic rings. The van der Waals surface area contributed by atoms with Gasteiger partial charge in [0.1, 0.15) is 0 Å². The van der Waals surface area contributed by atoms with Crippen molar-refractivity contribution in [2.45, 2.75) is 205 Å². The van der Waals surface area contributed by atoms with Crippen LogP contribution in [0.2, 0.25) is 13.1 Å². The van der Waals surface area contributed by atoms with E-state index in [9.17, 15) is 17.0 Å². The van der Waals surface area contributed by atoms with E-state index in [0.29, 0.717) is 23.7 Å². The van der Waals surface area contributed by atoms with Crippen LogP contribution in [0.3, 0.4) is 0 Å². The molecule has 359 valence electrons. The third kappa shape index (κ3) is 10.00. The topological polar surface area (TPSA) is 0 Å². The van der Waals surface area contributed by atoms with E-state index in [0.717, 1.165) is 12.8 Å². The Hall–Kier alpha value is -1.96. The quantitative estimate of drug-likeness (QED) is 0.131. The summed E-state index contributed by atoms with van der Waals surface area (Å²) in [5, 5.41) is 0. The zero-order valence-electron chi connectivity index (χ0n) is 45.6. The molecule has 4 heteroatoms. The van der Waals surface area contributed by atoms with E-state index >= 15 is 0 Å². The van der Waals surface area contributed by atoms with Gasteiger partial charge in [-0.25, -0.2) is 0 Å². The summed E-state index contributed by atoms with van der Waals surface area (Å²) in [6.45, 7) is 52.4. The van der Waals surface area contributed by atoms with Gasteiger partial charge in [0.25, 0.3) is 0 Å². The van der Waals surface area contributed by atoms with Gasteiger partial charge in [0.2, 0.25) is 0 Å². The summed E-state index contributed by atoms with van der Waals surface area (Å²) in [6.07, 6.45) is 7.23. The van der Waals surface area contributed by atoms with Crippen LogP contribution in [0.15, 0.2) is 71.8 Å². The van der Waals surface area contributed by atoms with E-state index in [1.165, 1.54) is 89.0 Å². The van der Waals surface area contributed by atoms with Crippen LogP contribution in [0.1, 0.15) is 226 Å². The second-order valence-electron chi connectivity index (χ2n) is 26.9. The average Bonchev–Trinajstić information content (AvgIpc) is 3.73.